The Morgan fingerprint density at radius 3 is 2.79 bits per heavy atom. The molecule has 42 heavy (non-hydrogen) atoms. The van der Waals surface area contributed by atoms with Crippen LogP contribution in [0.1, 0.15) is 49.7 Å². The Labute approximate surface area is 246 Å². The van der Waals surface area contributed by atoms with Gasteiger partial charge < -0.3 is 19.4 Å². The summed E-state index contributed by atoms with van der Waals surface area (Å²) in [5, 5.41) is 10.3. The van der Waals surface area contributed by atoms with E-state index in [9.17, 15) is 14.4 Å². The average molecular weight is 569 g/mol. The van der Waals surface area contributed by atoms with E-state index in [1.54, 1.807) is 0 Å². The highest BCUT2D eigenvalue weighted by Crippen LogP contribution is 2.40. The summed E-state index contributed by atoms with van der Waals surface area (Å²) < 4.78 is 20.0. The van der Waals surface area contributed by atoms with E-state index in [0.29, 0.717) is 43.5 Å². The van der Waals surface area contributed by atoms with E-state index in [1.165, 1.54) is 21.6 Å². The maximum atomic E-state index is 13.8. The number of hydrogen-bond donors (Lipinski definition) is 0. The third-order valence-corrected chi connectivity index (χ3v) is 9.22. The minimum atomic E-state index is -1.01. The van der Waals surface area contributed by atoms with Gasteiger partial charge in [-0.25, -0.2) is 4.39 Å². The number of likely N-dealkylation sites (tertiary alicyclic amines) is 1. The summed E-state index contributed by atoms with van der Waals surface area (Å²) in [6.07, 6.45) is 4.53. The molecule has 1 aromatic heterocycles. The predicted octanol–water partition coefficient (Wildman–Crippen LogP) is 5.23. The Balaban J connectivity index is 1.38. The van der Waals surface area contributed by atoms with E-state index in [2.05, 4.69) is 72.8 Å². The third kappa shape index (κ3) is 5.32. The van der Waals surface area contributed by atoms with Gasteiger partial charge in [-0.15, -0.1) is 0 Å². The third-order valence-electron chi connectivity index (χ3n) is 9.22. The van der Waals surface area contributed by atoms with Crippen molar-refractivity contribution >= 4 is 22.6 Å². The molecule has 3 atom stereocenters. The first-order valence-corrected chi connectivity index (χ1v) is 14.9. The molecule has 1 aliphatic carbocycles. The van der Waals surface area contributed by atoms with Crippen LogP contribution in [0.5, 0.6) is 6.01 Å². The van der Waals surface area contributed by atoms with Crippen molar-refractivity contribution in [2.75, 3.05) is 44.7 Å². The van der Waals surface area contributed by atoms with E-state index in [0.717, 1.165) is 48.7 Å². The first-order valence-electron chi connectivity index (χ1n) is 14.9. The number of carbonyl (C=O) groups excluding carboxylic acids is 1. The molecule has 0 N–H and O–H groups in total. The number of aromatic nitrogens is 2. The number of amides is 1. The van der Waals surface area contributed by atoms with Crippen molar-refractivity contribution in [1.82, 2.24) is 19.8 Å². The summed E-state index contributed by atoms with van der Waals surface area (Å²) in [5.41, 5.74) is 5.96. The number of piperazine rings is 1. The number of carbonyl (C=O) groups is 1. The number of likely N-dealkylation sites (N-methyl/N-ethyl adjacent to an activating group) is 1. The number of anilines is 1. The zero-order chi connectivity index (χ0) is 29.4. The van der Waals surface area contributed by atoms with Gasteiger partial charge in [0, 0.05) is 31.1 Å². The molecule has 2 aliphatic heterocycles. The second-order valence-corrected chi connectivity index (χ2v) is 11.8. The second kappa shape index (κ2) is 11.7. The monoisotopic (exact) mass is 568 g/mol. The molecular formula is C33H37FN6O2. The predicted molar refractivity (Wildman–Crippen MR) is 161 cm³/mol. The van der Waals surface area contributed by atoms with Crippen LogP contribution in [-0.4, -0.2) is 77.6 Å². The van der Waals surface area contributed by atoms with Crippen LogP contribution in [0.25, 0.3) is 22.0 Å². The molecule has 3 heterocycles. The first-order chi connectivity index (χ1) is 20.3. The molecule has 2 fully saturated rings. The van der Waals surface area contributed by atoms with Crippen LogP contribution in [0.3, 0.4) is 0 Å². The van der Waals surface area contributed by atoms with Crippen molar-refractivity contribution in [3.8, 4) is 23.2 Å². The highest BCUT2D eigenvalue weighted by molar-refractivity contribution is 5.94. The molecule has 8 nitrogen and oxygen atoms in total. The normalized spacial score (nSPS) is 22.3. The van der Waals surface area contributed by atoms with Gasteiger partial charge >= 0.3 is 6.01 Å². The highest BCUT2D eigenvalue weighted by atomic mass is 19.1. The molecule has 9 heteroatoms. The molecule has 3 aromatic rings. The van der Waals surface area contributed by atoms with Crippen LogP contribution < -0.4 is 9.64 Å². The SMILES string of the molecule is C=C(F)C(=O)N1CCN(c2nc(OC[C@@H]3CCCN3C)nc3cc(-c4cccc5c4CCC5C)ccc23)C[C@@H]1CC#N. The molecule has 0 radical (unpaired) electrons. The van der Waals surface area contributed by atoms with Crippen molar-refractivity contribution < 1.29 is 13.9 Å². The lowest BCUT2D eigenvalue weighted by atomic mass is 9.94. The van der Waals surface area contributed by atoms with Gasteiger partial charge in [-0.2, -0.15) is 15.2 Å². The molecule has 0 saturated carbocycles. The number of rotatable bonds is 7. The zero-order valence-electron chi connectivity index (χ0n) is 24.4. The van der Waals surface area contributed by atoms with Gasteiger partial charge in [0.1, 0.15) is 12.4 Å². The first kappa shape index (κ1) is 28.1. The lowest BCUT2D eigenvalue weighted by Crippen LogP contribution is -2.55. The summed E-state index contributed by atoms with van der Waals surface area (Å²) in [6.45, 7) is 8.06. The fraction of sp³-hybridized carbons (Fsp3) is 0.455. The molecule has 1 amide bonds. The molecule has 2 saturated heterocycles. The number of halogens is 1. The van der Waals surface area contributed by atoms with E-state index in [1.807, 2.05) is 0 Å². The van der Waals surface area contributed by atoms with Crippen molar-refractivity contribution in [1.29, 1.82) is 5.26 Å². The minimum Gasteiger partial charge on any atom is -0.462 e. The number of fused-ring (bicyclic) bond motifs is 2. The van der Waals surface area contributed by atoms with Crippen LogP contribution >= 0.6 is 0 Å². The van der Waals surface area contributed by atoms with Gasteiger partial charge in [0.15, 0.2) is 5.83 Å². The number of nitriles is 1. The smallest absolute Gasteiger partial charge is 0.319 e. The zero-order valence-corrected chi connectivity index (χ0v) is 24.4. The van der Waals surface area contributed by atoms with Crippen LogP contribution in [0.2, 0.25) is 0 Å². The standard InChI is InChI=1S/C33H37FN6O2/c1-21-9-11-28-26(21)7-4-8-27(28)23-10-12-29-30(18-23)36-33(42-20-25-6-5-15-38(25)3)37-31(29)39-16-17-40(32(41)22(2)34)24(19-39)13-14-35/h4,7-8,10,12,18,21,24-25H,2,5-6,9,11,13,15-17,19-20H2,1,3H3/t21?,24-,25-/m0/s1. The Morgan fingerprint density at radius 1 is 1.17 bits per heavy atom. The van der Waals surface area contributed by atoms with Gasteiger partial charge in [-0.3, -0.25) is 4.79 Å². The van der Waals surface area contributed by atoms with Crippen LogP contribution in [-0.2, 0) is 11.2 Å². The summed E-state index contributed by atoms with van der Waals surface area (Å²) in [4.78, 5) is 28.0. The van der Waals surface area contributed by atoms with Crippen LogP contribution in [0.4, 0.5) is 10.2 Å². The maximum absolute atomic E-state index is 13.8. The quantitative estimate of drug-likeness (QED) is 0.361. The molecular weight excluding hydrogens is 531 g/mol. The van der Waals surface area contributed by atoms with E-state index < -0.39 is 17.8 Å². The summed E-state index contributed by atoms with van der Waals surface area (Å²) >= 11 is 0. The number of hydrogen-bond acceptors (Lipinski definition) is 7. The highest BCUT2D eigenvalue weighted by Gasteiger charge is 2.33. The van der Waals surface area contributed by atoms with Gasteiger partial charge in [0.2, 0.25) is 0 Å². The topological polar surface area (TPSA) is 85.6 Å². The molecule has 6 rings (SSSR count). The lowest BCUT2D eigenvalue weighted by molar-refractivity contribution is -0.131. The second-order valence-electron chi connectivity index (χ2n) is 11.8. The number of ether oxygens (including phenoxy) is 1. The lowest BCUT2D eigenvalue weighted by Gasteiger charge is -2.41. The van der Waals surface area contributed by atoms with Crippen LogP contribution in [0, 0.1) is 11.3 Å². The van der Waals surface area contributed by atoms with Crippen molar-refractivity contribution in [2.45, 2.75) is 57.0 Å². The van der Waals surface area contributed by atoms with Gasteiger partial charge in [0.05, 0.1) is 24.0 Å². The fourth-order valence-corrected chi connectivity index (χ4v) is 6.81. The van der Waals surface area contributed by atoms with Gasteiger partial charge in [-0.05, 0) is 79.6 Å². The van der Waals surface area contributed by atoms with Gasteiger partial charge in [0.25, 0.3) is 5.91 Å². The fourth-order valence-electron chi connectivity index (χ4n) is 6.81. The Hall–Kier alpha value is -4.03. The van der Waals surface area contributed by atoms with E-state index in [-0.39, 0.29) is 13.0 Å². The Kier molecular flexibility index (Phi) is 7.82. The number of benzene rings is 2. The van der Waals surface area contributed by atoms with Crippen molar-refractivity contribution in [2.24, 2.45) is 0 Å². The Bertz CT molecular complexity index is 1570. The molecule has 2 aromatic carbocycles. The van der Waals surface area contributed by atoms with Crippen molar-refractivity contribution in [3.05, 3.63) is 59.9 Å². The molecule has 1 unspecified atom stereocenters. The summed E-state index contributed by atoms with van der Waals surface area (Å²) in [7, 11) is 2.11. The molecule has 0 spiro atoms. The van der Waals surface area contributed by atoms with Crippen LogP contribution in [0.15, 0.2) is 48.8 Å². The Morgan fingerprint density at radius 2 is 2.02 bits per heavy atom. The van der Waals surface area contributed by atoms with Crippen molar-refractivity contribution in [3.63, 3.8) is 0 Å². The average Bonchev–Trinajstić information content (AvgIpc) is 3.59. The van der Waals surface area contributed by atoms with Gasteiger partial charge in [-0.1, -0.05) is 37.8 Å². The maximum Gasteiger partial charge on any atom is 0.319 e. The number of nitrogens with zero attached hydrogens (tertiary/aromatic N) is 6. The largest absolute Gasteiger partial charge is 0.462 e. The molecule has 218 valence electrons. The van der Waals surface area contributed by atoms with E-state index >= 15 is 0 Å². The minimum absolute atomic E-state index is 0.0809. The molecule has 3 aliphatic rings. The van der Waals surface area contributed by atoms with E-state index in [4.69, 9.17) is 14.7 Å². The summed E-state index contributed by atoms with van der Waals surface area (Å²) in [5.74, 6) is -0.519. The summed E-state index contributed by atoms with van der Waals surface area (Å²) in [6, 6.07) is 15.2. The molecule has 0 bridgehead atoms.